The minimum absolute atomic E-state index is 0.0756. The van der Waals surface area contributed by atoms with Crippen molar-refractivity contribution in [2.24, 2.45) is 0 Å². The molecule has 150 valence electrons. The maximum absolute atomic E-state index is 13.8. The zero-order valence-electron chi connectivity index (χ0n) is 16.7. The average molecular weight is 387 g/mol. The molecule has 1 aromatic carbocycles. The molecule has 7 heteroatoms. The van der Waals surface area contributed by atoms with Crippen LogP contribution in [0.15, 0.2) is 34.4 Å². The number of carbonyl (C=O) groups is 1. The molecule has 0 saturated carbocycles. The second-order valence-electron chi connectivity index (χ2n) is 7.17. The molecule has 1 N–H and O–H groups in total. The van der Waals surface area contributed by atoms with Gasteiger partial charge in [0, 0.05) is 25.7 Å². The van der Waals surface area contributed by atoms with Gasteiger partial charge >= 0.3 is 0 Å². The maximum atomic E-state index is 13.8. The molecule has 1 amide bonds. The minimum Gasteiger partial charge on any atom is -0.494 e. The summed E-state index contributed by atoms with van der Waals surface area (Å²) in [6, 6.07) is 4.25. The molecule has 3 rings (SSSR count). The Hall–Kier alpha value is -2.83. The Morgan fingerprint density at radius 3 is 2.79 bits per heavy atom. The van der Waals surface area contributed by atoms with Crippen LogP contribution < -0.4 is 15.0 Å². The highest BCUT2D eigenvalue weighted by molar-refractivity contribution is 6.04. The monoisotopic (exact) mass is 387 g/mol. The topological polar surface area (TPSA) is 67.6 Å². The second kappa shape index (κ2) is 8.46. The van der Waals surface area contributed by atoms with Crippen molar-refractivity contribution < 1.29 is 18.4 Å². The number of benzene rings is 1. The lowest BCUT2D eigenvalue weighted by Gasteiger charge is -2.21. The van der Waals surface area contributed by atoms with Crippen molar-refractivity contribution in [1.29, 1.82) is 0 Å². The summed E-state index contributed by atoms with van der Waals surface area (Å²) in [4.78, 5) is 14.8. The molecule has 0 bridgehead atoms. The minimum atomic E-state index is -0.484. The zero-order valence-corrected chi connectivity index (χ0v) is 16.7. The molecular weight excluding hydrogens is 361 g/mol. The van der Waals surface area contributed by atoms with E-state index in [0.29, 0.717) is 16.9 Å². The van der Waals surface area contributed by atoms with Gasteiger partial charge in [-0.05, 0) is 50.8 Å². The number of carbonyl (C=O) groups excluding carboxylic acids is 1. The van der Waals surface area contributed by atoms with E-state index in [1.54, 1.807) is 25.1 Å². The van der Waals surface area contributed by atoms with Crippen molar-refractivity contribution in [3.63, 3.8) is 0 Å². The van der Waals surface area contributed by atoms with Gasteiger partial charge in [-0.15, -0.1) is 0 Å². The van der Waals surface area contributed by atoms with Crippen molar-refractivity contribution >= 4 is 11.7 Å². The van der Waals surface area contributed by atoms with E-state index in [9.17, 15) is 9.18 Å². The number of halogens is 1. The predicted octanol–water partition coefficient (Wildman–Crippen LogP) is 4.17. The van der Waals surface area contributed by atoms with E-state index in [2.05, 4.69) is 16.5 Å². The number of hydrogen-bond donors (Lipinski definition) is 1. The molecule has 1 aliphatic carbocycles. The van der Waals surface area contributed by atoms with E-state index in [4.69, 9.17) is 9.26 Å². The smallest absolute Gasteiger partial charge is 0.259 e. The fraction of sp³-hybridized carbons (Fsp3) is 0.429. The number of rotatable bonds is 6. The van der Waals surface area contributed by atoms with Crippen molar-refractivity contribution in [1.82, 2.24) is 10.5 Å². The number of ether oxygens (including phenoxy) is 1. The molecule has 1 aliphatic rings. The van der Waals surface area contributed by atoms with Gasteiger partial charge in [-0.1, -0.05) is 16.8 Å². The third-order valence-electron chi connectivity index (χ3n) is 4.97. The number of hydrogen-bond acceptors (Lipinski definition) is 5. The Morgan fingerprint density at radius 2 is 2.14 bits per heavy atom. The van der Waals surface area contributed by atoms with Crippen LogP contribution >= 0.6 is 0 Å². The summed E-state index contributed by atoms with van der Waals surface area (Å²) in [5.74, 6) is 0.0157. The molecule has 2 aromatic rings. The standard InChI is InChI=1S/C21H26FN3O3/c1-13(14-8-6-5-7-9-14)23-21(26)18-19(28-24-20(18)25(2)3)15-10-11-16(22)17(12-15)27-4/h8,10-13H,5-7,9H2,1-4H3,(H,23,26). The molecule has 28 heavy (non-hydrogen) atoms. The number of anilines is 1. The van der Waals surface area contributed by atoms with E-state index in [1.165, 1.54) is 31.2 Å². The van der Waals surface area contributed by atoms with Gasteiger partial charge < -0.3 is 19.5 Å². The van der Waals surface area contributed by atoms with Gasteiger partial charge in [0.25, 0.3) is 5.91 Å². The Bertz CT molecular complexity index is 889. The Labute approximate surface area is 164 Å². The third kappa shape index (κ3) is 4.03. The molecule has 1 atom stereocenters. The van der Waals surface area contributed by atoms with E-state index in [1.807, 2.05) is 6.92 Å². The number of amides is 1. The number of allylic oxidation sites excluding steroid dienone is 1. The van der Waals surface area contributed by atoms with Gasteiger partial charge in [0.2, 0.25) is 0 Å². The lowest BCUT2D eigenvalue weighted by Crippen LogP contribution is -2.35. The van der Waals surface area contributed by atoms with Crippen LogP contribution in [-0.2, 0) is 0 Å². The van der Waals surface area contributed by atoms with E-state index < -0.39 is 5.82 Å². The number of aromatic nitrogens is 1. The Kier molecular flexibility index (Phi) is 6.02. The maximum Gasteiger partial charge on any atom is 0.259 e. The summed E-state index contributed by atoms with van der Waals surface area (Å²) in [5.41, 5.74) is 2.09. The lowest BCUT2D eigenvalue weighted by molar-refractivity contribution is 0.0945. The number of nitrogens with zero attached hydrogens (tertiary/aromatic N) is 2. The molecular formula is C21H26FN3O3. The SMILES string of the molecule is COc1cc(-c2onc(N(C)C)c2C(=O)NC(C)C2=CCCCC2)ccc1F. The van der Waals surface area contributed by atoms with Gasteiger partial charge in [-0.2, -0.15) is 0 Å². The summed E-state index contributed by atoms with van der Waals surface area (Å²) in [6.45, 7) is 1.98. The quantitative estimate of drug-likeness (QED) is 0.754. The van der Waals surface area contributed by atoms with Crippen LogP contribution in [0.3, 0.4) is 0 Å². The van der Waals surface area contributed by atoms with Crippen molar-refractivity contribution in [2.75, 3.05) is 26.1 Å². The summed E-state index contributed by atoms with van der Waals surface area (Å²) < 4.78 is 24.3. The fourth-order valence-electron chi connectivity index (χ4n) is 3.41. The average Bonchev–Trinajstić information content (AvgIpc) is 3.14. The van der Waals surface area contributed by atoms with Gasteiger partial charge in [-0.25, -0.2) is 4.39 Å². The highest BCUT2D eigenvalue weighted by Crippen LogP contribution is 2.33. The largest absolute Gasteiger partial charge is 0.494 e. The summed E-state index contributed by atoms with van der Waals surface area (Å²) in [7, 11) is 4.97. The van der Waals surface area contributed by atoms with Crippen LogP contribution in [0.25, 0.3) is 11.3 Å². The normalized spacial score (nSPS) is 15.0. The molecule has 1 aromatic heterocycles. The molecule has 0 aliphatic heterocycles. The van der Waals surface area contributed by atoms with Crippen LogP contribution in [-0.4, -0.2) is 38.3 Å². The first-order chi connectivity index (χ1) is 13.4. The highest BCUT2D eigenvalue weighted by atomic mass is 19.1. The molecule has 1 heterocycles. The zero-order chi connectivity index (χ0) is 20.3. The summed E-state index contributed by atoms with van der Waals surface area (Å²) >= 11 is 0. The second-order valence-corrected chi connectivity index (χ2v) is 7.17. The molecule has 0 radical (unpaired) electrons. The Morgan fingerprint density at radius 1 is 1.36 bits per heavy atom. The molecule has 0 fully saturated rings. The van der Waals surface area contributed by atoms with Crippen LogP contribution in [0.1, 0.15) is 43.0 Å². The highest BCUT2D eigenvalue weighted by Gasteiger charge is 2.27. The number of methoxy groups -OCH3 is 1. The van der Waals surface area contributed by atoms with Crippen LogP contribution in [0.5, 0.6) is 5.75 Å². The molecule has 0 spiro atoms. The summed E-state index contributed by atoms with van der Waals surface area (Å²) in [6.07, 6.45) is 6.58. The number of nitrogens with one attached hydrogen (secondary N) is 1. The van der Waals surface area contributed by atoms with Gasteiger partial charge in [0.05, 0.1) is 7.11 Å². The lowest BCUT2D eigenvalue weighted by atomic mass is 9.94. The van der Waals surface area contributed by atoms with Gasteiger partial charge in [0.1, 0.15) is 5.56 Å². The van der Waals surface area contributed by atoms with E-state index >= 15 is 0 Å². The van der Waals surface area contributed by atoms with Crippen molar-refractivity contribution in [2.45, 2.75) is 38.6 Å². The third-order valence-corrected chi connectivity index (χ3v) is 4.97. The molecule has 0 saturated heterocycles. The van der Waals surface area contributed by atoms with E-state index in [-0.39, 0.29) is 23.5 Å². The molecule has 6 nitrogen and oxygen atoms in total. The molecule has 1 unspecified atom stereocenters. The summed E-state index contributed by atoms with van der Waals surface area (Å²) in [5, 5.41) is 7.11. The van der Waals surface area contributed by atoms with Gasteiger partial charge in [-0.3, -0.25) is 4.79 Å². The van der Waals surface area contributed by atoms with Crippen molar-refractivity contribution in [3.05, 3.63) is 41.2 Å². The first-order valence-electron chi connectivity index (χ1n) is 9.43. The predicted molar refractivity (Wildman–Crippen MR) is 106 cm³/mol. The fourth-order valence-corrected chi connectivity index (χ4v) is 3.41. The van der Waals surface area contributed by atoms with Crippen LogP contribution in [0.2, 0.25) is 0 Å². The Balaban J connectivity index is 1.96. The first-order valence-corrected chi connectivity index (χ1v) is 9.43. The van der Waals surface area contributed by atoms with Gasteiger partial charge in [0.15, 0.2) is 23.1 Å². The van der Waals surface area contributed by atoms with Crippen LogP contribution in [0.4, 0.5) is 10.2 Å². The first kappa shape index (κ1) is 19.9. The van der Waals surface area contributed by atoms with Crippen molar-refractivity contribution in [3.8, 4) is 17.1 Å². The van der Waals surface area contributed by atoms with Crippen LogP contribution in [0, 0.1) is 5.82 Å². The van der Waals surface area contributed by atoms with E-state index in [0.717, 1.165) is 19.3 Å².